The van der Waals surface area contributed by atoms with Crippen molar-refractivity contribution in [1.82, 2.24) is 4.90 Å². The van der Waals surface area contributed by atoms with E-state index in [1.54, 1.807) is 13.0 Å². The minimum absolute atomic E-state index is 0.119. The fraction of sp³-hybridized carbons (Fsp3) is 0.316. The summed E-state index contributed by atoms with van der Waals surface area (Å²) in [4.78, 5) is 36.6. The highest BCUT2D eigenvalue weighted by Gasteiger charge is 2.35. The van der Waals surface area contributed by atoms with Crippen LogP contribution in [0.25, 0.3) is 0 Å². The quantitative estimate of drug-likeness (QED) is 0.804. The van der Waals surface area contributed by atoms with E-state index in [0.29, 0.717) is 31.2 Å². The average Bonchev–Trinajstić information content (AvgIpc) is 3.08. The van der Waals surface area contributed by atoms with Gasteiger partial charge in [0.05, 0.1) is 6.04 Å². The lowest BCUT2D eigenvalue weighted by Gasteiger charge is -2.38. The number of carbonyl (C=O) groups is 3. The van der Waals surface area contributed by atoms with Crippen LogP contribution < -0.4 is 11.1 Å². The Balaban J connectivity index is 1.80. The molecule has 2 atom stereocenters. The minimum Gasteiger partial charge on any atom is -0.438 e. The highest BCUT2D eigenvalue weighted by Crippen LogP contribution is 2.36. The molecule has 1 aromatic heterocycles. The summed E-state index contributed by atoms with van der Waals surface area (Å²) in [6.45, 7) is 2.07. The molecule has 0 radical (unpaired) electrons. The molecule has 0 aliphatic carbocycles. The second-order valence-electron chi connectivity index (χ2n) is 6.58. The predicted octanol–water partition coefficient (Wildman–Crippen LogP) is 3.01. The van der Waals surface area contributed by atoms with Crippen molar-refractivity contribution < 1.29 is 23.2 Å². The van der Waals surface area contributed by atoms with Crippen LogP contribution in [0, 0.1) is 18.7 Å². The van der Waals surface area contributed by atoms with Crippen molar-refractivity contribution in [1.29, 1.82) is 0 Å². The van der Waals surface area contributed by atoms with Crippen LogP contribution in [0.15, 0.2) is 34.7 Å². The van der Waals surface area contributed by atoms with E-state index in [2.05, 4.69) is 5.32 Å². The van der Waals surface area contributed by atoms with Crippen molar-refractivity contribution in [2.75, 3.05) is 11.9 Å². The third-order valence-corrected chi connectivity index (χ3v) is 4.84. The first-order valence-corrected chi connectivity index (χ1v) is 8.57. The number of rotatable bonds is 4. The van der Waals surface area contributed by atoms with Gasteiger partial charge in [0, 0.05) is 18.5 Å². The van der Waals surface area contributed by atoms with Gasteiger partial charge in [-0.05, 0) is 49.1 Å². The lowest BCUT2D eigenvalue weighted by molar-refractivity contribution is -0.121. The summed E-state index contributed by atoms with van der Waals surface area (Å²) >= 11 is 0. The van der Waals surface area contributed by atoms with Gasteiger partial charge in [-0.2, -0.15) is 0 Å². The average molecular weight is 373 g/mol. The van der Waals surface area contributed by atoms with Gasteiger partial charge in [-0.3, -0.25) is 14.9 Å². The number of piperidine rings is 1. The number of furan rings is 1. The summed E-state index contributed by atoms with van der Waals surface area (Å²) in [6, 6.07) is 6.30. The van der Waals surface area contributed by atoms with E-state index in [0.717, 1.165) is 5.56 Å². The fourth-order valence-corrected chi connectivity index (χ4v) is 3.48. The van der Waals surface area contributed by atoms with Gasteiger partial charge in [0.1, 0.15) is 5.82 Å². The maximum Gasteiger partial charge on any atom is 0.315 e. The van der Waals surface area contributed by atoms with Crippen molar-refractivity contribution in [2.45, 2.75) is 25.8 Å². The van der Waals surface area contributed by atoms with Crippen LogP contribution in [0.4, 0.5) is 15.1 Å². The Kier molecular flexibility index (Phi) is 5.25. The van der Waals surface area contributed by atoms with E-state index in [1.807, 2.05) is 0 Å². The molecule has 142 valence electrons. The molecule has 2 unspecified atom stereocenters. The number of aryl methyl sites for hydroxylation is 1. The van der Waals surface area contributed by atoms with Gasteiger partial charge in [-0.1, -0.05) is 6.07 Å². The molecular formula is C19H20FN3O4. The number of nitrogens with zero attached hydrogens (tertiary/aromatic N) is 1. The molecule has 0 bridgehead atoms. The van der Waals surface area contributed by atoms with E-state index in [4.69, 9.17) is 10.2 Å². The maximum atomic E-state index is 13.4. The first kappa shape index (κ1) is 18.6. The Morgan fingerprint density at radius 2 is 2.11 bits per heavy atom. The van der Waals surface area contributed by atoms with Gasteiger partial charge in [-0.25, -0.2) is 9.18 Å². The number of nitrogens with two attached hydrogens (primary N) is 1. The van der Waals surface area contributed by atoms with Crippen molar-refractivity contribution in [2.24, 2.45) is 11.7 Å². The van der Waals surface area contributed by atoms with Gasteiger partial charge < -0.3 is 15.1 Å². The van der Waals surface area contributed by atoms with Crippen molar-refractivity contribution in [3.05, 3.63) is 53.0 Å². The zero-order valence-corrected chi connectivity index (χ0v) is 14.8. The number of benzene rings is 1. The number of carbonyl (C=O) groups excluding carboxylic acids is 3. The van der Waals surface area contributed by atoms with Crippen LogP contribution in [0.1, 0.15) is 40.6 Å². The molecule has 0 spiro atoms. The molecule has 3 N–H and O–H groups in total. The molecule has 1 aliphatic rings. The molecular weight excluding hydrogens is 353 g/mol. The largest absolute Gasteiger partial charge is 0.438 e. The summed E-state index contributed by atoms with van der Waals surface area (Å²) in [7, 11) is 0. The molecule has 1 aliphatic heterocycles. The van der Waals surface area contributed by atoms with Crippen LogP contribution in [-0.4, -0.2) is 29.7 Å². The van der Waals surface area contributed by atoms with Crippen molar-refractivity contribution in [3.8, 4) is 0 Å². The van der Waals surface area contributed by atoms with E-state index in [1.165, 1.54) is 29.2 Å². The van der Waals surface area contributed by atoms with Crippen LogP contribution >= 0.6 is 0 Å². The number of amides is 3. The van der Waals surface area contributed by atoms with Crippen LogP contribution in [0.2, 0.25) is 0 Å². The fourth-order valence-electron chi connectivity index (χ4n) is 3.48. The number of likely N-dealkylation sites (tertiary alicyclic amines) is 1. The third kappa shape index (κ3) is 3.99. The molecule has 2 heterocycles. The summed E-state index contributed by atoms with van der Waals surface area (Å²) in [6.07, 6.45) is 1.34. The number of aldehydes is 1. The number of primary amides is 1. The summed E-state index contributed by atoms with van der Waals surface area (Å²) in [5.41, 5.74) is 6.95. The van der Waals surface area contributed by atoms with Crippen molar-refractivity contribution >= 4 is 24.1 Å². The third-order valence-electron chi connectivity index (χ3n) is 4.84. The first-order valence-electron chi connectivity index (χ1n) is 8.57. The molecule has 1 aromatic carbocycles. The topological polar surface area (TPSA) is 106 Å². The molecule has 2 aromatic rings. The molecule has 8 heteroatoms. The van der Waals surface area contributed by atoms with Gasteiger partial charge in [0.15, 0.2) is 17.9 Å². The summed E-state index contributed by atoms with van der Waals surface area (Å²) < 4.78 is 18.6. The second kappa shape index (κ2) is 7.61. The minimum atomic E-state index is -0.579. The predicted molar refractivity (Wildman–Crippen MR) is 95.6 cm³/mol. The van der Waals surface area contributed by atoms with E-state index in [-0.39, 0.29) is 29.3 Å². The number of hydrogen-bond donors (Lipinski definition) is 2. The lowest BCUT2D eigenvalue weighted by atomic mass is 9.85. The molecule has 7 nitrogen and oxygen atoms in total. The Bertz CT molecular complexity index is 880. The first-order chi connectivity index (χ1) is 12.9. The van der Waals surface area contributed by atoms with Crippen LogP contribution in [0.3, 0.4) is 0 Å². The van der Waals surface area contributed by atoms with E-state index >= 15 is 0 Å². The molecule has 3 rings (SSSR count). The number of nitrogens with one attached hydrogen (secondary N) is 1. The Morgan fingerprint density at radius 1 is 1.33 bits per heavy atom. The number of halogens is 1. The standard InChI is InChI=1S/C19H20FN3O4/c1-11-8-13(20)2-4-15(11)16-9-12(6-7-23(16)19(21)26)18(25)22-17-5-3-14(10-24)27-17/h2-5,8,10,12,16H,6-7,9H2,1H3,(H2,21,26)(H,22,25). The molecule has 1 saturated heterocycles. The maximum absolute atomic E-state index is 13.4. The summed E-state index contributed by atoms with van der Waals surface area (Å²) in [5, 5.41) is 2.65. The smallest absolute Gasteiger partial charge is 0.315 e. The zero-order valence-electron chi connectivity index (χ0n) is 14.8. The number of urea groups is 1. The van der Waals surface area contributed by atoms with Gasteiger partial charge in [0.2, 0.25) is 5.91 Å². The summed E-state index contributed by atoms with van der Waals surface area (Å²) in [5.74, 6) is -0.714. The molecule has 0 saturated carbocycles. The molecule has 1 fully saturated rings. The molecule has 3 amide bonds. The second-order valence-corrected chi connectivity index (χ2v) is 6.58. The normalized spacial score (nSPS) is 19.6. The van der Waals surface area contributed by atoms with Gasteiger partial charge >= 0.3 is 6.03 Å². The van der Waals surface area contributed by atoms with Crippen molar-refractivity contribution in [3.63, 3.8) is 0 Å². The highest BCUT2D eigenvalue weighted by molar-refractivity contribution is 5.92. The Hall–Kier alpha value is -3.16. The van der Waals surface area contributed by atoms with Gasteiger partial charge in [-0.15, -0.1) is 0 Å². The number of anilines is 1. The lowest BCUT2D eigenvalue weighted by Crippen LogP contribution is -2.46. The molecule has 27 heavy (non-hydrogen) atoms. The Morgan fingerprint density at radius 3 is 2.74 bits per heavy atom. The zero-order chi connectivity index (χ0) is 19.6. The Labute approximate surface area is 155 Å². The SMILES string of the molecule is Cc1cc(F)ccc1C1CC(C(=O)Nc2ccc(C=O)o2)CCN1C(N)=O. The monoisotopic (exact) mass is 373 g/mol. The highest BCUT2D eigenvalue weighted by atomic mass is 19.1. The number of hydrogen-bond acceptors (Lipinski definition) is 4. The van der Waals surface area contributed by atoms with E-state index in [9.17, 15) is 18.8 Å². The van der Waals surface area contributed by atoms with E-state index < -0.39 is 12.1 Å². The van der Waals surface area contributed by atoms with Crippen LogP contribution in [0.5, 0.6) is 0 Å². The van der Waals surface area contributed by atoms with Gasteiger partial charge in [0.25, 0.3) is 0 Å². The van der Waals surface area contributed by atoms with Crippen LogP contribution in [-0.2, 0) is 4.79 Å².